The van der Waals surface area contributed by atoms with Gasteiger partial charge in [0.25, 0.3) is 0 Å². The predicted molar refractivity (Wildman–Crippen MR) is 103 cm³/mol. The molecule has 0 rings (SSSR count). The van der Waals surface area contributed by atoms with E-state index in [4.69, 9.17) is 14.6 Å². The standard InChI is InChI=1S/C17H26N2O10S/c1-10(20)18-13(9-30-7-6-28-11(2)21)16(25)19-12(17(26)27-3)8-29-15(24)5-4-14(22)23/h12-13H,4-9H2,1-3H3,(H,18,20)(H,19,25)(H,22,23)/t12-,13-/m0/s1. The zero-order valence-electron chi connectivity index (χ0n) is 16.9. The Kier molecular flexibility index (Phi) is 13.6. The molecule has 0 aliphatic carbocycles. The Labute approximate surface area is 177 Å². The quantitative estimate of drug-likeness (QED) is 0.166. The lowest BCUT2D eigenvalue weighted by atomic mass is 10.2. The van der Waals surface area contributed by atoms with Gasteiger partial charge < -0.3 is 30.0 Å². The van der Waals surface area contributed by atoms with E-state index >= 15 is 0 Å². The highest BCUT2D eigenvalue weighted by Gasteiger charge is 2.28. The Bertz CT molecular complexity index is 640. The SMILES string of the molecule is COC(=O)[C@H](COC(=O)CCC(=O)O)NC(=O)[C@H](CSCCOC(C)=O)NC(C)=O. The van der Waals surface area contributed by atoms with Crippen molar-refractivity contribution in [3.8, 4) is 0 Å². The van der Waals surface area contributed by atoms with E-state index in [9.17, 15) is 28.8 Å². The summed E-state index contributed by atoms with van der Waals surface area (Å²) in [5.41, 5.74) is 0. The van der Waals surface area contributed by atoms with Crippen LogP contribution in [0.3, 0.4) is 0 Å². The molecule has 0 fully saturated rings. The highest BCUT2D eigenvalue weighted by molar-refractivity contribution is 7.99. The summed E-state index contributed by atoms with van der Waals surface area (Å²) in [6.07, 6.45) is -0.839. The monoisotopic (exact) mass is 450 g/mol. The van der Waals surface area contributed by atoms with Crippen LogP contribution >= 0.6 is 11.8 Å². The van der Waals surface area contributed by atoms with Crippen molar-refractivity contribution in [2.24, 2.45) is 0 Å². The van der Waals surface area contributed by atoms with E-state index in [2.05, 4.69) is 15.4 Å². The Balaban J connectivity index is 4.83. The molecule has 0 aromatic rings. The molecule has 2 amide bonds. The number of carboxylic acids is 1. The van der Waals surface area contributed by atoms with Crippen LogP contribution in [0.1, 0.15) is 26.7 Å². The second-order valence-electron chi connectivity index (χ2n) is 5.83. The Morgan fingerprint density at radius 2 is 1.63 bits per heavy atom. The maximum Gasteiger partial charge on any atom is 0.331 e. The van der Waals surface area contributed by atoms with Gasteiger partial charge in [-0.05, 0) is 0 Å². The maximum absolute atomic E-state index is 12.5. The molecule has 3 N–H and O–H groups in total. The number of carbonyl (C=O) groups excluding carboxylic acids is 5. The predicted octanol–water partition coefficient (Wildman–Crippen LogP) is -1.15. The lowest BCUT2D eigenvalue weighted by Gasteiger charge is -2.21. The number of carbonyl (C=O) groups is 6. The molecule has 0 radical (unpaired) electrons. The van der Waals surface area contributed by atoms with Crippen LogP contribution in [0.15, 0.2) is 0 Å². The van der Waals surface area contributed by atoms with Gasteiger partial charge >= 0.3 is 23.9 Å². The Hall–Kier alpha value is -2.83. The van der Waals surface area contributed by atoms with E-state index in [1.54, 1.807) is 0 Å². The molecular formula is C17H26N2O10S. The summed E-state index contributed by atoms with van der Waals surface area (Å²) in [6, 6.07) is -2.36. The van der Waals surface area contributed by atoms with Gasteiger partial charge in [0.1, 0.15) is 19.3 Å². The van der Waals surface area contributed by atoms with Gasteiger partial charge in [0, 0.05) is 25.4 Å². The van der Waals surface area contributed by atoms with Crippen LogP contribution in [0.5, 0.6) is 0 Å². The second kappa shape index (κ2) is 15.1. The van der Waals surface area contributed by atoms with Crippen LogP contribution in [0.4, 0.5) is 0 Å². The third-order valence-electron chi connectivity index (χ3n) is 3.27. The van der Waals surface area contributed by atoms with Crippen molar-refractivity contribution >= 4 is 47.5 Å². The van der Waals surface area contributed by atoms with Gasteiger partial charge in [-0.2, -0.15) is 11.8 Å². The van der Waals surface area contributed by atoms with Crippen LogP contribution in [-0.2, 0) is 43.0 Å². The smallest absolute Gasteiger partial charge is 0.331 e. The summed E-state index contributed by atoms with van der Waals surface area (Å²) < 4.78 is 14.1. The first-order valence-electron chi connectivity index (χ1n) is 8.80. The van der Waals surface area contributed by atoms with Gasteiger partial charge in [0.05, 0.1) is 20.0 Å². The van der Waals surface area contributed by atoms with Crippen molar-refractivity contribution in [1.29, 1.82) is 0 Å². The zero-order chi connectivity index (χ0) is 23.1. The molecular weight excluding hydrogens is 424 g/mol. The first kappa shape index (κ1) is 27.2. The number of esters is 3. The van der Waals surface area contributed by atoms with Crippen molar-refractivity contribution in [2.75, 3.05) is 31.8 Å². The highest BCUT2D eigenvalue weighted by Crippen LogP contribution is 2.05. The van der Waals surface area contributed by atoms with Crippen LogP contribution in [0, 0.1) is 0 Å². The molecule has 170 valence electrons. The summed E-state index contributed by atoms with van der Waals surface area (Å²) in [7, 11) is 1.07. The lowest BCUT2D eigenvalue weighted by molar-refractivity contribution is -0.153. The molecule has 30 heavy (non-hydrogen) atoms. The average molecular weight is 450 g/mol. The van der Waals surface area contributed by atoms with Gasteiger partial charge in [0.15, 0.2) is 6.04 Å². The molecule has 0 bridgehead atoms. The minimum atomic E-state index is -1.35. The Morgan fingerprint density at radius 1 is 0.967 bits per heavy atom. The number of nitrogens with one attached hydrogen (secondary N) is 2. The maximum atomic E-state index is 12.5. The molecule has 0 unspecified atom stereocenters. The number of hydrogen-bond donors (Lipinski definition) is 3. The molecule has 2 atom stereocenters. The van der Waals surface area contributed by atoms with E-state index in [0.29, 0.717) is 5.75 Å². The number of carboxylic acid groups (broad SMARTS) is 1. The fourth-order valence-corrected chi connectivity index (χ4v) is 2.75. The number of methoxy groups -OCH3 is 1. The van der Waals surface area contributed by atoms with Crippen LogP contribution in [-0.4, -0.2) is 84.7 Å². The van der Waals surface area contributed by atoms with Crippen molar-refractivity contribution in [3.05, 3.63) is 0 Å². The number of amides is 2. The van der Waals surface area contributed by atoms with Crippen LogP contribution < -0.4 is 10.6 Å². The fourth-order valence-electron chi connectivity index (χ4n) is 1.91. The summed E-state index contributed by atoms with van der Waals surface area (Å²) >= 11 is 1.23. The Morgan fingerprint density at radius 3 is 2.17 bits per heavy atom. The van der Waals surface area contributed by atoms with Gasteiger partial charge in [-0.1, -0.05) is 0 Å². The number of ether oxygens (including phenoxy) is 3. The lowest BCUT2D eigenvalue weighted by Crippen LogP contribution is -2.54. The molecule has 0 saturated heterocycles. The molecule has 0 saturated carbocycles. The number of hydrogen-bond acceptors (Lipinski definition) is 10. The van der Waals surface area contributed by atoms with E-state index in [-0.39, 0.29) is 12.4 Å². The van der Waals surface area contributed by atoms with E-state index < -0.39 is 67.2 Å². The van der Waals surface area contributed by atoms with E-state index in [1.807, 2.05) is 0 Å². The number of aliphatic carboxylic acids is 1. The van der Waals surface area contributed by atoms with Crippen LogP contribution in [0.2, 0.25) is 0 Å². The first-order chi connectivity index (χ1) is 14.1. The molecule has 0 aliphatic heterocycles. The number of rotatable bonds is 14. The zero-order valence-corrected chi connectivity index (χ0v) is 17.7. The van der Waals surface area contributed by atoms with Gasteiger partial charge in [-0.25, -0.2) is 4.79 Å². The average Bonchev–Trinajstić information content (AvgIpc) is 2.66. The molecule has 13 heteroatoms. The largest absolute Gasteiger partial charge is 0.481 e. The van der Waals surface area contributed by atoms with E-state index in [0.717, 1.165) is 7.11 Å². The minimum absolute atomic E-state index is 0.124. The second-order valence-corrected chi connectivity index (χ2v) is 6.98. The summed E-state index contributed by atoms with van der Waals surface area (Å²) in [4.78, 5) is 68.5. The highest BCUT2D eigenvalue weighted by atomic mass is 32.2. The molecule has 0 aliphatic rings. The van der Waals surface area contributed by atoms with Gasteiger partial charge in [0.2, 0.25) is 11.8 Å². The first-order valence-corrected chi connectivity index (χ1v) is 9.96. The number of thioether (sulfide) groups is 1. The third kappa shape index (κ3) is 13.4. The van der Waals surface area contributed by atoms with Crippen molar-refractivity contribution in [1.82, 2.24) is 10.6 Å². The van der Waals surface area contributed by atoms with Gasteiger partial charge in [-0.3, -0.25) is 24.0 Å². The summed E-state index contributed by atoms with van der Waals surface area (Å²) in [5, 5.41) is 13.3. The minimum Gasteiger partial charge on any atom is -0.481 e. The molecule has 0 aromatic heterocycles. The summed E-state index contributed by atoms with van der Waals surface area (Å²) in [6.45, 7) is 2.04. The normalized spacial score (nSPS) is 12.1. The molecule has 0 heterocycles. The van der Waals surface area contributed by atoms with Crippen molar-refractivity contribution < 1.29 is 48.1 Å². The van der Waals surface area contributed by atoms with Crippen molar-refractivity contribution in [2.45, 2.75) is 38.8 Å². The molecule has 0 spiro atoms. The fraction of sp³-hybridized carbons (Fsp3) is 0.647. The van der Waals surface area contributed by atoms with Crippen LogP contribution in [0.25, 0.3) is 0 Å². The van der Waals surface area contributed by atoms with Gasteiger partial charge in [-0.15, -0.1) is 0 Å². The molecule has 12 nitrogen and oxygen atoms in total. The topological polar surface area (TPSA) is 174 Å². The third-order valence-corrected chi connectivity index (χ3v) is 4.29. The van der Waals surface area contributed by atoms with E-state index in [1.165, 1.54) is 25.6 Å². The van der Waals surface area contributed by atoms with Crippen molar-refractivity contribution in [3.63, 3.8) is 0 Å². The summed E-state index contributed by atoms with van der Waals surface area (Å²) in [5.74, 6) is -4.07. The molecule has 0 aromatic carbocycles.